The third-order valence-corrected chi connectivity index (χ3v) is 5.52. The van der Waals surface area contributed by atoms with E-state index in [4.69, 9.17) is 5.14 Å². The summed E-state index contributed by atoms with van der Waals surface area (Å²) in [6.45, 7) is 2.31. The van der Waals surface area contributed by atoms with Gasteiger partial charge in [-0.05, 0) is 43.0 Å². The Bertz CT molecular complexity index is 872. The molecule has 1 saturated carbocycles. The van der Waals surface area contributed by atoms with Crippen LogP contribution in [0, 0.1) is 6.92 Å². The number of nitrogens with two attached hydrogens (primary N) is 1. The van der Waals surface area contributed by atoms with E-state index in [2.05, 4.69) is 17.4 Å². The van der Waals surface area contributed by atoms with Crippen LogP contribution in [0.15, 0.2) is 53.4 Å². The van der Waals surface area contributed by atoms with Crippen molar-refractivity contribution < 1.29 is 13.2 Å². The number of rotatable bonds is 5. The van der Waals surface area contributed by atoms with Crippen LogP contribution in [0.4, 0.5) is 0 Å². The van der Waals surface area contributed by atoms with Gasteiger partial charge in [-0.15, -0.1) is 0 Å². The second-order valence-electron chi connectivity index (χ2n) is 6.35. The molecule has 3 rings (SSSR count). The van der Waals surface area contributed by atoms with Gasteiger partial charge in [-0.1, -0.05) is 36.4 Å². The molecule has 1 amide bonds. The van der Waals surface area contributed by atoms with Crippen molar-refractivity contribution in [2.24, 2.45) is 5.14 Å². The van der Waals surface area contributed by atoms with Gasteiger partial charge in [0.25, 0.3) is 5.91 Å². The Morgan fingerprint density at radius 2 is 1.83 bits per heavy atom. The first kappa shape index (κ1) is 16.7. The topological polar surface area (TPSA) is 89.3 Å². The summed E-state index contributed by atoms with van der Waals surface area (Å²) in [5.74, 6) is -0.278. The number of sulfonamides is 1. The van der Waals surface area contributed by atoms with Crippen LogP contribution in [0.25, 0.3) is 0 Å². The fourth-order valence-corrected chi connectivity index (χ4v) is 3.42. The zero-order valence-corrected chi connectivity index (χ0v) is 14.3. The molecule has 0 atom stereocenters. The van der Waals surface area contributed by atoms with Gasteiger partial charge in [0.2, 0.25) is 10.0 Å². The Labute approximate surface area is 141 Å². The van der Waals surface area contributed by atoms with Crippen LogP contribution in [-0.4, -0.2) is 20.9 Å². The van der Waals surface area contributed by atoms with Crippen LogP contribution in [0.2, 0.25) is 0 Å². The predicted molar refractivity (Wildman–Crippen MR) is 92.2 cm³/mol. The Morgan fingerprint density at radius 3 is 2.42 bits per heavy atom. The lowest BCUT2D eigenvalue weighted by Gasteiger charge is -2.17. The van der Waals surface area contributed by atoms with Crippen molar-refractivity contribution >= 4 is 15.9 Å². The molecule has 24 heavy (non-hydrogen) atoms. The van der Waals surface area contributed by atoms with E-state index < -0.39 is 10.0 Å². The van der Waals surface area contributed by atoms with Crippen LogP contribution in [-0.2, 0) is 15.4 Å². The summed E-state index contributed by atoms with van der Waals surface area (Å²) in [4.78, 5) is 12.5. The normalized spacial score (nSPS) is 15.8. The molecule has 0 bridgehead atoms. The van der Waals surface area contributed by atoms with Crippen LogP contribution >= 0.6 is 0 Å². The SMILES string of the molecule is Cc1ccc(S(N)(=O)=O)cc1C(=O)NCC1(c2ccccc2)CC1. The fraction of sp³-hybridized carbons (Fsp3) is 0.278. The van der Waals surface area contributed by atoms with E-state index in [9.17, 15) is 13.2 Å². The summed E-state index contributed by atoms with van der Waals surface area (Å²) in [5, 5.41) is 8.09. The molecule has 2 aromatic carbocycles. The first-order valence-corrected chi connectivity index (χ1v) is 9.34. The molecule has 1 fully saturated rings. The zero-order chi connectivity index (χ0) is 17.4. The maximum Gasteiger partial charge on any atom is 0.251 e. The van der Waals surface area contributed by atoms with Gasteiger partial charge in [0.15, 0.2) is 0 Å². The van der Waals surface area contributed by atoms with Crippen molar-refractivity contribution in [2.75, 3.05) is 6.54 Å². The van der Waals surface area contributed by atoms with Gasteiger partial charge in [0.05, 0.1) is 4.90 Å². The lowest BCUT2D eigenvalue weighted by atomic mass is 9.96. The summed E-state index contributed by atoms with van der Waals surface area (Å²) in [6, 6.07) is 14.5. The van der Waals surface area contributed by atoms with Crippen LogP contribution in [0.5, 0.6) is 0 Å². The van der Waals surface area contributed by atoms with Crippen LogP contribution in [0.3, 0.4) is 0 Å². The van der Waals surface area contributed by atoms with Crippen LogP contribution < -0.4 is 10.5 Å². The molecular weight excluding hydrogens is 324 g/mol. The highest BCUT2D eigenvalue weighted by atomic mass is 32.2. The molecule has 126 valence electrons. The van der Waals surface area contributed by atoms with Crippen molar-refractivity contribution in [3.05, 3.63) is 65.2 Å². The van der Waals surface area contributed by atoms with Crippen molar-refractivity contribution in [1.29, 1.82) is 0 Å². The minimum atomic E-state index is -3.83. The molecule has 0 aliphatic heterocycles. The number of carbonyl (C=O) groups is 1. The van der Waals surface area contributed by atoms with Gasteiger partial charge in [0, 0.05) is 17.5 Å². The summed E-state index contributed by atoms with van der Waals surface area (Å²) in [6.07, 6.45) is 2.07. The van der Waals surface area contributed by atoms with Gasteiger partial charge in [0.1, 0.15) is 0 Å². The van der Waals surface area contributed by atoms with Crippen molar-refractivity contribution in [2.45, 2.75) is 30.1 Å². The van der Waals surface area contributed by atoms with Gasteiger partial charge in [-0.3, -0.25) is 4.79 Å². The van der Waals surface area contributed by atoms with Crippen LogP contribution in [0.1, 0.15) is 34.3 Å². The second-order valence-corrected chi connectivity index (χ2v) is 7.91. The zero-order valence-electron chi connectivity index (χ0n) is 13.5. The number of amides is 1. The Hall–Kier alpha value is -2.18. The number of hydrogen-bond acceptors (Lipinski definition) is 3. The van der Waals surface area contributed by atoms with E-state index >= 15 is 0 Å². The van der Waals surface area contributed by atoms with E-state index in [0.717, 1.165) is 12.8 Å². The molecule has 1 aliphatic carbocycles. The molecule has 0 aromatic heterocycles. The van der Waals surface area contributed by atoms with Gasteiger partial charge in [-0.2, -0.15) is 0 Å². The maximum atomic E-state index is 12.5. The Kier molecular flexibility index (Phi) is 4.19. The number of carbonyl (C=O) groups excluding carboxylic acids is 1. The molecule has 0 spiro atoms. The van der Waals surface area contributed by atoms with E-state index in [1.807, 2.05) is 18.2 Å². The van der Waals surface area contributed by atoms with Crippen molar-refractivity contribution in [3.63, 3.8) is 0 Å². The number of aryl methyl sites for hydroxylation is 1. The van der Waals surface area contributed by atoms with E-state index in [0.29, 0.717) is 17.7 Å². The Morgan fingerprint density at radius 1 is 1.17 bits per heavy atom. The minimum Gasteiger partial charge on any atom is -0.351 e. The minimum absolute atomic E-state index is 0.00236. The van der Waals surface area contributed by atoms with E-state index in [1.165, 1.54) is 17.7 Å². The van der Waals surface area contributed by atoms with Gasteiger partial charge < -0.3 is 5.32 Å². The number of nitrogens with one attached hydrogen (secondary N) is 1. The molecule has 0 saturated heterocycles. The highest BCUT2D eigenvalue weighted by Gasteiger charge is 2.44. The third-order valence-electron chi connectivity index (χ3n) is 4.61. The molecule has 6 heteroatoms. The molecular formula is C18H20N2O3S. The van der Waals surface area contributed by atoms with Crippen molar-refractivity contribution in [3.8, 4) is 0 Å². The quantitative estimate of drug-likeness (QED) is 0.870. The monoisotopic (exact) mass is 344 g/mol. The summed E-state index contributed by atoms with van der Waals surface area (Å²) in [7, 11) is -3.83. The number of primary sulfonamides is 1. The molecule has 5 nitrogen and oxygen atoms in total. The summed E-state index contributed by atoms with van der Waals surface area (Å²) < 4.78 is 23.0. The smallest absolute Gasteiger partial charge is 0.251 e. The molecule has 1 aliphatic rings. The average molecular weight is 344 g/mol. The number of hydrogen-bond donors (Lipinski definition) is 2. The molecule has 0 heterocycles. The summed E-state index contributed by atoms with van der Waals surface area (Å²) >= 11 is 0. The third kappa shape index (κ3) is 3.34. The first-order valence-electron chi connectivity index (χ1n) is 7.79. The van der Waals surface area contributed by atoms with E-state index in [1.54, 1.807) is 13.0 Å². The molecule has 0 unspecified atom stereocenters. The largest absolute Gasteiger partial charge is 0.351 e. The fourth-order valence-electron chi connectivity index (χ4n) is 2.88. The molecule has 3 N–H and O–H groups in total. The lowest BCUT2D eigenvalue weighted by molar-refractivity contribution is 0.0949. The van der Waals surface area contributed by atoms with E-state index in [-0.39, 0.29) is 16.2 Å². The van der Waals surface area contributed by atoms with Crippen molar-refractivity contribution in [1.82, 2.24) is 5.32 Å². The lowest BCUT2D eigenvalue weighted by Crippen LogP contribution is -2.32. The highest BCUT2D eigenvalue weighted by molar-refractivity contribution is 7.89. The number of benzene rings is 2. The Balaban J connectivity index is 1.77. The maximum absolute atomic E-state index is 12.5. The van der Waals surface area contributed by atoms with Gasteiger partial charge >= 0.3 is 0 Å². The first-order chi connectivity index (χ1) is 11.3. The van der Waals surface area contributed by atoms with Gasteiger partial charge in [-0.25, -0.2) is 13.6 Å². The molecule has 2 aromatic rings. The second kappa shape index (κ2) is 6.03. The predicted octanol–water partition coefficient (Wildman–Crippen LogP) is 2.10. The molecule has 0 radical (unpaired) electrons. The average Bonchev–Trinajstić information content (AvgIpc) is 3.34. The summed E-state index contributed by atoms with van der Waals surface area (Å²) in [5.41, 5.74) is 2.28. The highest BCUT2D eigenvalue weighted by Crippen LogP contribution is 2.47. The standard InChI is InChI=1S/C18H20N2O3S/c1-13-7-8-15(24(19,22)23)11-16(13)17(21)20-12-18(9-10-18)14-5-3-2-4-6-14/h2-8,11H,9-10,12H2,1H3,(H,20,21)(H2,19,22,23).